The van der Waals surface area contributed by atoms with Crippen LogP contribution in [0.5, 0.6) is 0 Å². The molecule has 100 valence electrons. The number of halogens is 2. The Morgan fingerprint density at radius 2 is 1.38 bits per heavy atom. The van der Waals surface area contributed by atoms with Gasteiger partial charge in [-0.1, -0.05) is 20.8 Å². The highest BCUT2D eigenvalue weighted by atomic mass is 35.5. The van der Waals surface area contributed by atoms with Gasteiger partial charge >= 0.3 is 0 Å². The Balaban J connectivity index is 0. The van der Waals surface area contributed by atoms with Crippen LogP contribution in [0.15, 0.2) is 0 Å². The van der Waals surface area contributed by atoms with Gasteiger partial charge in [0.1, 0.15) is 0 Å². The molecule has 4 heteroatoms. The van der Waals surface area contributed by atoms with E-state index in [1.165, 1.54) is 19.5 Å². The molecular weight excluding hydrogens is 243 g/mol. The number of piperazine rings is 1. The zero-order valence-corrected chi connectivity index (χ0v) is 12.9. The Hall–Kier alpha value is 0.500. The van der Waals surface area contributed by atoms with E-state index in [0.29, 0.717) is 11.0 Å². The van der Waals surface area contributed by atoms with Crippen molar-refractivity contribution in [3.63, 3.8) is 0 Å². The molecule has 0 aliphatic carbocycles. The van der Waals surface area contributed by atoms with Crippen LogP contribution in [-0.2, 0) is 0 Å². The van der Waals surface area contributed by atoms with Crippen LogP contribution in [0.3, 0.4) is 0 Å². The molecule has 0 atom stereocenters. The van der Waals surface area contributed by atoms with Gasteiger partial charge in [-0.3, -0.25) is 4.90 Å². The fraction of sp³-hybridized carbons (Fsp3) is 1.00. The van der Waals surface area contributed by atoms with E-state index in [-0.39, 0.29) is 24.8 Å². The molecule has 1 rings (SSSR count). The Labute approximate surface area is 113 Å². The highest BCUT2D eigenvalue weighted by molar-refractivity contribution is 5.85. The van der Waals surface area contributed by atoms with Gasteiger partial charge in [0.05, 0.1) is 0 Å². The molecule has 0 aromatic carbocycles. The fourth-order valence-corrected chi connectivity index (χ4v) is 2.68. The molecule has 1 N–H and O–H groups in total. The third kappa shape index (κ3) is 6.29. The Bertz CT molecular complexity index is 182. The van der Waals surface area contributed by atoms with Gasteiger partial charge in [-0.25, -0.2) is 0 Å². The van der Waals surface area contributed by atoms with Crippen molar-refractivity contribution in [1.82, 2.24) is 10.2 Å². The highest BCUT2D eigenvalue weighted by Crippen LogP contribution is 2.31. The maximum atomic E-state index is 3.41. The summed E-state index contributed by atoms with van der Waals surface area (Å²) in [6.45, 7) is 16.4. The molecule has 1 heterocycles. The second-order valence-electron chi connectivity index (χ2n) is 6.29. The second kappa shape index (κ2) is 7.05. The van der Waals surface area contributed by atoms with E-state index in [1.54, 1.807) is 0 Å². The molecule has 0 spiro atoms. The van der Waals surface area contributed by atoms with E-state index in [0.717, 1.165) is 13.1 Å². The molecule has 2 nitrogen and oxygen atoms in total. The largest absolute Gasteiger partial charge is 0.314 e. The van der Waals surface area contributed by atoms with Gasteiger partial charge in [-0.05, 0) is 25.7 Å². The molecule has 0 unspecified atom stereocenters. The predicted molar refractivity (Wildman–Crippen MR) is 77.1 cm³/mol. The van der Waals surface area contributed by atoms with Crippen molar-refractivity contribution in [1.29, 1.82) is 0 Å². The van der Waals surface area contributed by atoms with Crippen molar-refractivity contribution in [3.05, 3.63) is 0 Å². The first-order valence-electron chi connectivity index (χ1n) is 5.77. The van der Waals surface area contributed by atoms with Crippen LogP contribution in [-0.4, -0.2) is 36.6 Å². The standard InChI is InChI=1S/C12H26N2.2ClH/c1-11(2,3)10-12(4,5)14-8-6-13-7-9-14;;/h13H,6-10H2,1-5H3;2*1H. The minimum absolute atomic E-state index is 0. The van der Waals surface area contributed by atoms with E-state index in [1.807, 2.05) is 0 Å². The lowest BCUT2D eigenvalue weighted by molar-refractivity contribution is 0.0656. The van der Waals surface area contributed by atoms with E-state index in [4.69, 9.17) is 0 Å². The highest BCUT2D eigenvalue weighted by Gasteiger charge is 2.31. The minimum atomic E-state index is 0. The van der Waals surface area contributed by atoms with Crippen LogP contribution in [0.25, 0.3) is 0 Å². The number of hydrogen-bond acceptors (Lipinski definition) is 2. The van der Waals surface area contributed by atoms with Crippen molar-refractivity contribution in [2.75, 3.05) is 26.2 Å². The molecular formula is C12H28Cl2N2. The average molecular weight is 271 g/mol. The summed E-state index contributed by atoms with van der Waals surface area (Å²) in [5, 5.41) is 3.41. The maximum absolute atomic E-state index is 3.41. The molecule has 1 aliphatic heterocycles. The van der Waals surface area contributed by atoms with E-state index in [2.05, 4.69) is 44.8 Å². The smallest absolute Gasteiger partial charge is 0.0159 e. The van der Waals surface area contributed by atoms with Crippen LogP contribution < -0.4 is 5.32 Å². The molecule has 0 radical (unpaired) electrons. The van der Waals surface area contributed by atoms with Gasteiger partial charge in [0.25, 0.3) is 0 Å². The van der Waals surface area contributed by atoms with Crippen molar-refractivity contribution in [2.24, 2.45) is 5.41 Å². The van der Waals surface area contributed by atoms with Crippen molar-refractivity contribution >= 4 is 24.8 Å². The predicted octanol–water partition coefficient (Wildman–Crippen LogP) is 2.95. The summed E-state index contributed by atoms with van der Waals surface area (Å²) in [7, 11) is 0. The summed E-state index contributed by atoms with van der Waals surface area (Å²) in [6, 6.07) is 0. The first kappa shape index (κ1) is 18.9. The van der Waals surface area contributed by atoms with E-state index < -0.39 is 0 Å². The van der Waals surface area contributed by atoms with Crippen molar-refractivity contribution in [2.45, 2.75) is 46.6 Å². The molecule has 0 aromatic rings. The topological polar surface area (TPSA) is 15.3 Å². The Kier molecular flexibility index (Phi) is 8.31. The van der Waals surface area contributed by atoms with Crippen LogP contribution in [0.1, 0.15) is 41.0 Å². The monoisotopic (exact) mass is 270 g/mol. The quantitative estimate of drug-likeness (QED) is 0.830. The Morgan fingerprint density at radius 1 is 0.938 bits per heavy atom. The number of hydrogen-bond donors (Lipinski definition) is 1. The minimum Gasteiger partial charge on any atom is -0.314 e. The maximum Gasteiger partial charge on any atom is 0.0159 e. The third-order valence-corrected chi connectivity index (χ3v) is 2.94. The number of nitrogens with zero attached hydrogens (tertiary/aromatic N) is 1. The number of nitrogens with one attached hydrogen (secondary N) is 1. The van der Waals surface area contributed by atoms with E-state index in [9.17, 15) is 0 Å². The molecule has 0 amide bonds. The van der Waals surface area contributed by atoms with Crippen LogP contribution >= 0.6 is 24.8 Å². The first-order valence-corrected chi connectivity index (χ1v) is 5.77. The molecule has 16 heavy (non-hydrogen) atoms. The summed E-state index contributed by atoms with van der Waals surface area (Å²) in [5.74, 6) is 0. The van der Waals surface area contributed by atoms with Crippen molar-refractivity contribution < 1.29 is 0 Å². The van der Waals surface area contributed by atoms with Crippen LogP contribution in [0.2, 0.25) is 0 Å². The normalized spacial score (nSPS) is 18.6. The molecule has 1 saturated heterocycles. The third-order valence-electron chi connectivity index (χ3n) is 2.94. The van der Waals surface area contributed by atoms with Crippen LogP contribution in [0, 0.1) is 5.41 Å². The first-order chi connectivity index (χ1) is 6.31. The van der Waals surface area contributed by atoms with Gasteiger partial charge in [-0.2, -0.15) is 0 Å². The SMILES string of the molecule is CC(C)(C)CC(C)(C)N1CCNCC1.Cl.Cl. The van der Waals surface area contributed by atoms with Gasteiger partial charge in [0.2, 0.25) is 0 Å². The second-order valence-corrected chi connectivity index (χ2v) is 6.29. The lowest BCUT2D eigenvalue weighted by Gasteiger charge is -2.44. The summed E-state index contributed by atoms with van der Waals surface area (Å²) in [6.07, 6.45) is 1.26. The molecule has 0 saturated carbocycles. The molecule has 1 aliphatic rings. The molecule has 0 aromatic heterocycles. The van der Waals surface area contributed by atoms with Gasteiger partial charge in [-0.15, -0.1) is 24.8 Å². The fourth-order valence-electron chi connectivity index (χ4n) is 2.68. The van der Waals surface area contributed by atoms with Crippen LogP contribution in [0.4, 0.5) is 0 Å². The summed E-state index contributed by atoms with van der Waals surface area (Å²) >= 11 is 0. The Morgan fingerprint density at radius 3 is 1.75 bits per heavy atom. The van der Waals surface area contributed by atoms with Gasteiger partial charge in [0.15, 0.2) is 0 Å². The number of rotatable bonds is 2. The summed E-state index contributed by atoms with van der Waals surface area (Å²) in [4.78, 5) is 2.62. The molecule has 1 fully saturated rings. The van der Waals surface area contributed by atoms with Gasteiger partial charge in [0, 0.05) is 31.7 Å². The van der Waals surface area contributed by atoms with Crippen molar-refractivity contribution in [3.8, 4) is 0 Å². The lowest BCUT2D eigenvalue weighted by atomic mass is 9.80. The summed E-state index contributed by atoms with van der Waals surface area (Å²) < 4.78 is 0. The zero-order chi connectivity index (χ0) is 10.8. The molecule has 0 bridgehead atoms. The average Bonchev–Trinajstić information content (AvgIpc) is 2.01. The van der Waals surface area contributed by atoms with Gasteiger partial charge < -0.3 is 5.32 Å². The lowest BCUT2D eigenvalue weighted by Crippen LogP contribution is -2.54. The summed E-state index contributed by atoms with van der Waals surface area (Å²) in [5.41, 5.74) is 0.773. The zero-order valence-electron chi connectivity index (χ0n) is 11.3. The van der Waals surface area contributed by atoms with E-state index >= 15 is 0 Å².